The molecule has 0 saturated carbocycles. The van der Waals surface area contributed by atoms with Crippen molar-refractivity contribution in [1.82, 2.24) is 0 Å². The van der Waals surface area contributed by atoms with Crippen LogP contribution >= 0.6 is 27.3 Å². The molecule has 0 atom stereocenters. The molecule has 1 aromatic heterocycles. The Bertz CT molecular complexity index is 593. The van der Waals surface area contributed by atoms with Crippen molar-refractivity contribution in [2.45, 2.75) is 26.2 Å². The van der Waals surface area contributed by atoms with Crippen molar-refractivity contribution >= 4 is 43.3 Å². The van der Waals surface area contributed by atoms with Gasteiger partial charge in [-0.3, -0.25) is 0 Å². The molecule has 0 aliphatic heterocycles. The summed E-state index contributed by atoms with van der Waals surface area (Å²) in [6, 6.07) is 5.88. The van der Waals surface area contributed by atoms with Crippen LogP contribution in [0.15, 0.2) is 22.7 Å². The summed E-state index contributed by atoms with van der Waals surface area (Å²) in [5.74, 6) is -0.844. The topological polar surface area (TPSA) is 37.3 Å². The van der Waals surface area contributed by atoms with Crippen molar-refractivity contribution < 1.29 is 9.90 Å². The minimum Gasteiger partial charge on any atom is -0.477 e. The van der Waals surface area contributed by atoms with Crippen molar-refractivity contribution in [1.29, 1.82) is 0 Å². The van der Waals surface area contributed by atoms with Crippen LogP contribution in [0.1, 0.15) is 36.0 Å². The minimum atomic E-state index is -0.844. The molecular weight excluding hydrogens is 300 g/mol. The van der Waals surface area contributed by atoms with Crippen molar-refractivity contribution in [3.63, 3.8) is 0 Å². The first-order valence-electron chi connectivity index (χ1n) is 5.27. The Labute approximate surface area is 112 Å². The molecule has 0 bridgehead atoms. The van der Waals surface area contributed by atoms with Gasteiger partial charge in [0.15, 0.2) is 0 Å². The van der Waals surface area contributed by atoms with E-state index in [-0.39, 0.29) is 5.41 Å². The van der Waals surface area contributed by atoms with Crippen LogP contribution in [0.3, 0.4) is 0 Å². The lowest BCUT2D eigenvalue weighted by molar-refractivity contribution is 0.0700. The second kappa shape index (κ2) is 4.10. The molecule has 90 valence electrons. The van der Waals surface area contributed by atoms with E-state index in [0.29, 0.717) is 4.88 Å². The Kier molecular flexibility index (Phi) is 3.04. The van der Waals surface area contributed by atoms with Crippen molar-refractivity contribution in [3.05, 3.63) is 33.1 Å². The van der Waals surface area contributed by atoms with E-state index in [4.69, 9.17) is 0 Å². The molecule has 1 heterocycles. The number of hydrogen-bond donors (Lipinski definition) is 1. The first kappa shape index (κ1) is 12.6. The van der Waals surface area contributed by atoms with E-state index in [1.807, 2.05) is 39.0 Å². The Morgan fingerprint density at radius 1 is 1.35 bits per heavy atom. The van der Waals surface area contributed by atoms with E-state index in [2.05, 4.69) is 15.9 Å². The fraction of sp³-hybridized carbons (Fsp3) is 0.308. The summed E-state index contributed by atoms with van der Waals surface area (Å²) >= 11 is 4.82. The molecule has 0 unspecified atom stereocenters. The fourth-order valence-electron chi connectivity index (χ4n) is 1.98. The quantitative estimate of drug-likeness (QED) is 0.831. The summed E-state index contributed by atoms with van der Waals surface area (Å²) in [4.78, 5) is 11.8. The number of hydrogen-bond acceptors (Lipinski definition) is 2. The lowest BCUT2D eigenvalue weighted by atomic mass is 9.85. The van der Waals surface area contributed by atoms with E-state index in [1.165, 1.54) is 11.3 Å². The van der Waals surface area contributed by atoms with Crippen LogP contribution < -0.4 is 0 Å². The number of carboxylic acid groups (broad SMARTS) is 1. The number of benzene rings is 1. The van der Waals surface area contributed by atoms with Gasteiger partial charge in [0.25, 0.3) is 0 Å². The summed E-state index contributed by atoms with van der Waals surface area (Å²) in [7, 11) is 0. The number of halogens is 1. The van der Waals surface area contributed by atoms with E-state index in [1.54, 1.807) is 0 Å². The van der Waals surface area contributed by atoms with Gasteiger partial charge in [0.1, 0.15) is 4.88 Å². The van der Waals surface area contributed by atoms with Crippen LogP contribution in [-0.2, 0) is 5.41 Å². The molecule has 1 N–H and O–H groups in total. The fourth-order valence-corrected chi connectivity index (χ4v) is 3.84. The average molecular weight is 313 g/mol. The highest BCUT2D eigenvalue weighted by molar-refractivity contribution is 9.10. The summed E-state index contributed by atoms with van der Waals surface area (Å²) in [6.07, 6.45) is 0. The van der Waals surface area contributed by atoms with Gasteiger partial charge in [-0.25, -0.2) is 4.79 Å². The van der Waals surface area contributed by atoms with Gasteiger partial charge >= 0.3 is 5.97 Å². The molecule has 0 radical (unpaired) electrons. The molecule has 2 aromatic rings. The Hall–Kier alpha value is -0.870. The van der Waals surface area contributed by atoms with Gasteiger partial charge in [0, 0.05) is 9.17 Å². The smallest absolute Gasteiger partial charge is 0.346 e. The lowest BCUT2D eigenvalue weighted by Gasteiger charge is -2.19. The molecule has 1 aromatic carbocycles. The summed E-state index contributed by atoms with van der Waals surface area (Å²) in [5.41, 5.74) is 0.749. The molecule has 17 heavy (non-hydrogen) atoms. The number of thiophene rings is 1. The zero-order chi connectivity index (χ0) is 12.8. The molecule has 0 spiro atoms. The molecular formula is C13H13BrO2S. The van der Waals surface area contributed by atoms with Crippen LogP contribution in [0.2, 0.25) is 0 Å². The number of rotatable bonds is 1. The summed E-state index contributed by atoms with van der Waals surface area (Å²) < 4.78 is 1.97. The maximum absolute atomic E-state index is 11.3. The van der Waals surface area contributed by atoms with E-state index < -0.39 is 5.97 Å². The highest BCUT2D eigenvalue weighted by Crippen LogP contribution is 2.41. The average Bonchev–Trinajstić information content (AvgIpc) is 2.57. The molecule has 4 heteroatoms. The zero-order valence-corrected chi connectivity index (χ0v) is 12.3. The van der Waals surface area contributed by atoms with Crippen molar-refractivity contribution in [3.8, 4) is 0 Å². The van der Waals surface area contributed by atoms with Gasteiger partial charge in [-0.2, -0.15) is 0 Å². The molecule has 0 saturated heterocycles. The number of carbonyl (C=O) groups is 1. The van der Waals surface area contributed by atoms with Gasteiger partial charge in [-0.05, 0) is 38.4 Å². The third-order valence-corrected chi connectivity index (χ3v) is 4.76. The standard InChI is InChI=1S/C13H13BrO2S/c1-13(2,3)9-7-5-4-6-8(14)10(7)17-11(9)12(15)16/h4-6H,1-3H3,(H,15,16). The van der Waals surface area contributed by atoms with Crippen molar-refractivity contribution in [2.75, 3.05) is 0 Å². The predicted molar refractivity (Wildman–Crippen MR) is 75.2 cm³/mol. The van der Waals surface area contributed by atoms with Crippen LogP contribution in [0, 0.1) is 0 Å². The van der Waals surface area contributed by atoms with Gasteiger partial charge < -0.3 is 5.11 Å². The third-order valence-electron chi connectivity index (χ3n) is 2.61. The molecule has 0 aliphatic rings. The van der Waals surface area contributed by atoms with Gasteiger partial charge in [-0.15, -0.1) is 11.3 Å². The zero-order valence-electron chi connectivity index (χ0n) is 9.87. The van der Waals surface area contributed by atoms with Gasteiger partial charge in [0.05, 0.1) is 0 Å². The maximum atomic E-state index is 11.3. The highest BCUT2D eigenvalue weighted by Gasteiger charge is 2.27. The number of carboxylic acids is 1. The normalized spacial score (nSPS) is 12.0. The monoisotopic (exact) mass is 312 g/mol. The molecule has 2 rings (SSSR count). The van der Waals surface area contributed by atoms with E-state index in [9.17, 15) is 9.90 Å². The molecule has 0 amide bonds. The van der Waals surface area contributed by atoms with Crippen LogP contribution in [0.25, 0.3) is 10.1 Å². The third kappa shape index (κ3) is 2.11. The SMILES string of the molecule is CC(C)(C)c1c(C(=O)O)sc2c(Br)cccc12. The molecule has 2 nitrogen and oxygen atoms in total. The van der Waals surface area contributed by atoms with Gasteiger partial charge in [0.2, 0.25) is 0 Å². The Morgan fingerprint density at radius 2 is 2.00 bits per heavy atom. The molecule has 0 fully saturated rings. The maximum Gasteiger partial charge on any atom is 0.346 e. The summed E-state index contributed by atoms with van der Waals surface area (Å²) in [5, 5.41) is 10.4. The van der Waals surface area contributed by atoms with Crippen LogP contribution in [-0.4, -0.2) is 11.1 Å². The highest BCUT2D eigenvalue weighted by atomic mass is 79.9. The van der Waals surface area contributed by atoms with Crippen LogP contribution in [0.5, 0.6) is 0 Å². The van der Waals surface area contributed by atoms with Crippen molar-refractivity contribution in [2.24, 2.45) is 0 Å². The van der Waals surface area contributed by atoms with E-state index >= 15 is 0 Å². The molecule has 0 aliphatic carbocycles. The first-order valence-corrected chi connectivity index (χ1v) is 6.88. The largest absolute Gasteiger partial charge is 0.477 e. The predicted octanol–water partition coefficient (Wildman–Crippen LogP) is 4.66. The lowest BCUT2D eigenvalue weighted by Crippen LogP contribution is -2.14. The van der Waals surface area contributed by atoms with Gasteiger partial charge in [-0.1, -0.05) is 32.9 Å². The number of aromatic carboxylic acids is 1. The second-order valence-electron chi connectivity index (χ2n) is 4.98. The Morgan fingerprint density at radius 3 is 2.53 bits per heavy atom. The number of fused-ring (bicyclic) bond motifs is 1. The first-order chi connectivity index (χ1) is 7.82. The Balaban J connectivity index is 2.91. The second-order valence-corrected chi connectivity index (χ2v) is 6.85. The summed E-state index contributed by atoms with van der Waals surface area (Å²) in [6.45, 7) is 6.13. The van der Waals surface area contributed by atoms with E-state index in [0.717, 1.165) is 20.1 Å². The van der Waals surface area contributed by atoms with Crippen LogP contribution in [0.4, 0.5) is 0 Å². The minimum absolute atomic E-state index is 0.174.